The highest BCUT2D eigenvalue weighted by Crippen LogP contribution is 2.33. The minimum atomic E-state index is 0.420. The molecule has 0 aliphatic carbocycles. The molecule has 1 aromatic carbocycles. The van der Waals surface area contributed by atoms with Crippen molar-refractivity contribution in [3.8, 4) is 17.0 Å². The van der Waals surface area contributed by atoms with Gasteiger partial charge in [-0.1, -0.05) is 11.6 Å². The van der Waals surface area contributed by atoms with Crippen LogP contribution in [0.1, 0.15) is 12.0 Å². The summed E-state index contributed by atoms with van der Waals surface area (Å²) in [6.45, 7) is 0.797. The number of aryl methyl sites for hydroxylation is 1. The maximum Gasteiger partial charge on any atom is 0.201 e. The standard InChI is InChI=1S/C13H14ClN3O/c1-17-11(12(14)16-13(17)15)9-4-5-10-8(7-9)3-2-6-18-10/h4-5,7H,2-3,6H2,1H3,(H2,15,16). The summed E-state index contributed by atoms with van der Waals surface area (Å²) >= 11 is 6.12. The Morgan fingerprint density at radius 1 is 1.44 bits per heavy atom. The molecule has 0 saturated heterocycles. The Kier molecular flexibility index (Phi) is 2.67. The van der Waals surface area contributed by atoms with Gasteiger partial charge in [0.05, 0.1) is 12.3 Å². The van der Waals surface area contributed by atoms with Crippen molar-refractivity contribution in [1.29, 1.82) is 0 Å². The second-order valence-corrected chi connectivity index (χ2v) is 4.80. The zero-order valence-electron chi connectivity index (χ0n) is 10.1. The predicted molar refractivity (Wildman–Crippen MR) is 71.9 cm³/mol. The minimum absolute atomic E-state index is 0.420. The van der Waals surface area contributed by atoms with Crippen molar-refractivity contribution in [2.75, 3.05) is 12.3 Å². The molecule has 1 aromatic heterocycles. The van der Waals surface area contributed by atoms with Gasteiger partial charge in [0.2, 0.25) is 5.95 Å². The average Bonchev–Trinajstić information content (AvgIpc) is 2.63. The molecular formula is C13H14ClN3O. The Labute approximate surface area is 110 Å². The van der Waals surface area contributed by atoms with E-state index in [0.29, 0.717) is 11.1 Å². The van der Waals surface area contributed by atoms with E-state index in [1.165, 1.54) is 5.56 Å². The molecule has 0 fully saturated rings. The fourth-order valence-corrected chi connectivity index (χ4v) is 2.62. The van der Waals surface area contributed by atoms with E-state index in [1.807, 2.05) is 19.2 Å². The summed E-state index contributed by atoms with van der Waals surface area (Å²) in [5.74, 6) is 1.39. The van der Waals surface area contributed by atoms with E-state index in [-0.39, 0.29) is 0 Å². The summed E-state index contributed by atoms with van der Waals surface area (Å²) in [6, 6.07) is 6.09. The van der Waals surface area contributed by atoms with Gasteiger partial charge in [0.25, 0.3) is 0 Å². The highest BCUT2D eigenvalue weighted by Gasteiger charge is 2.16. The lowest BCUT2D eigenvalue weighted by atomic mass is 10.0. The summed E-state index contributed by atoms with van der Waals surface area (Å²) in [5, 5.41) is 0.437. The van der Waals surface area contributed by atoms with E-state index in [9.17, 15) is 0 Å². The van der Waals surface area contributed by atoms with Crippen LogP contribution in [0.15, 0.2) is 18.2 Å². The van der Waals surface area contributed by atoms with Gasteiger partial charge in [0.1, 0.15) is 5.75 Å². The van der Waals surface area contributed by atoms with Crippen LogP contribution in [-0.4, -0.2) is 16.2 Å². The molecule has 1 aliphatic rings. The summed E-state index contributed by atoms with van der Waals surface area (Å²) in [6.07, 6.45) is 2.09. The largest absolute Gasteiger partial charge is 0.493 e. The van der Waals surface area contributed by atoms with Crippen molar-refractivity contribution in [2.24, 2.45) is 7.05 Å². The summed E-state index contributed by atoms with van der Waals surface area (Å²) in [5.41, 5.74) is 8.85. The molecule has 3 rings (SSSR count). The quantitative estimate of drug-likeness (QED) is 0.861. The monoisotopic (exact) mass is 263 g/mol. The molecule has 2 aromatic rings. The molecule has 0 radical (unpaired) electrons. The number of nitrogens with two attached hydrogens (primary N) is 1. The van der Waals surface area contributed by atoms with Crippen LogP contribution in [-0.2, 0) is 13.5 Å². The van der Waals surface area contributed by atoms with Gasteiger partial charge in [0, 0.05) is 12.6 Å². The number of rotatable bonds is 1. The van der Waals surface area contributed by atoms with Crippen molar-refractivity contribution < 1.29 is 4.74 Å². The molecule has 5 heteroatoms. The Morgan fingerprint density at radius 3 is 3.00 bits per heavy atom. The van der Waals surface area contributed by atoms with Gasteiger partial charge in [-0.2, -0.15) is 0 Å². The summed E-state index contributed by atoms with van der Waals surface area (Å²) in [7, 11) is 1.86. The normalized spacial score (nSPS) is 14.1. The molecular weight excluding hydrogens is 250 g/mol. The molecule has 18 heavy (non-hydrogen) atoms. The zero-order chi connectivity index (χ0) is 12.7. The van der Waals surface area contributed by atoms with Gasteiger partial charge in [-0.05, 0) is 36.6 Å². The molecule has 0 atom stereocenters. The Morgan fingerprint density at radius 2 is 2.28 bits per heavy atom. The second-order valence-electron chi connectivity index (χ2n) is 4.44. The third-order valence-corrected chi connectivity index (χ3v) is 3.53. The first-order valence-electron chi connectivity index (χ1n) is 5.90. The molecule has 2 heterocycles. The number of hydrogen-bond donors (Lipinski definition) is 1. The molecule has 0 unspecified atom stereocenters. The van der Waals surface area contributed by atoms with Crippen LogP contribution >= 0.6 is 11.6 Å². The SMILES string of the molecule is Cn1c(N)nc(Cl)c1-c1ccc2c(c1)CCCO2. The van der Waals surface area contributed by atoms with Crippen LogP contribution in [0.3, 0.4) is 0 Å². The Balaban J connectivity index is 2.12. The van der Waals surface area contributed by atoms with Gasteiger partial charge >= 0.3 is 0 Å². The first kappa shape index (κ1) is 11.4. The number of anilines is 1. The van der Waals surface area contributed by atoms with Crippen molar-refractivity contribution in [2.45, 2.75) is 12.8 Å². The lowest BCUT2D eigenvalue weighted by Crippen LogP contribution is -2.08. The smallest absolute Gasteiger partial charge is 0.201 e. The predicted octanol–water partition coefficient (Wildman–Crippen LogP) is 2.65. The second kappa shape index (κ2) is 4.21. The van der Waals surface area contributed by atoms with Crippen molar-refractivity contribution in [3.63, 3.8) is 0 Å². The number of nitrogen functional groups attached to an aromatic ring is 1. The van der Waals surface area contributed by atoms with Crippen LogP contribution in [0, 0.1) is 0 Å². The van der Waals surface area contributed by atoms with E-state index < -0.39 is 0 Å². The number of fused-ring (bicyclic) bond motifs is 1. The van der Waals surface area contributed by atoms with Crippen molar-refractivity contribution >= 4 is 17.5 Å². The highest BCUT2D eigenvalue weighted by atomic mass is 35.5. The van der Waals surface area contributed by atoms with Crippen molar-refractivity contribution in [1.82, 2.24) is 9.55 Å². The maximum absolute atomic E-state index is 6.12. The third-order valence-electron chi connectivity index (χ3n) is 3.27. The summed E-state index contributed by atoms with van der Waals surface area (Å²) < 4.78 is 7.40. The van der Waals surface area contributed by atoms with Crippen LogP contribution in [0.25, 0.3) is 11.3 Å². The number of aromatic nitrogens is 2. The average molecular weight is 264 g/mol. The lowest BCUT2D eigenvalue weighted by Gasteiger charge is -2.18. The van der Waals surface area contributed by atoms with Gasteiger partial charge in [-0.15, -0.1) is 0 Å². The molecule has 0 amide bonds. The zero-order valence-corrected chi connectivity index (χ0v) is 10.9. The molecule has 0 bridgehead atoms. The lowest BCUT2D eigenvalue weighted by molar-refractivity contribution is 0.288. The molecule has 1 aliphatic heterocycles. The number of nitrogens with zero attached hydrogens (tertiary/aromatic N) is 2. The summed E-state index contributed by atoms with van der Waals surface area (Å²) in [4.78, 5) is 4.07. The van der Waals surface area contributed by atoms with E-state index in [2.05, 4.69) is 11.1 Å². The van der Waals surface area contributed by atoms with Gasteiger partial charge in [-0.3, -0.25) is 0 Å². The third kappa shape index (κ3) is 1.73. The van der Waals surface area contributed by atoms with E-state index in [0.717, 1.165) is 36.5 Å². The first-order valence-corrected chi connectivity index (χ1v) is 6.28. The Hall–Kier alpha value is -1.68. The molecule has 2 N–H and O–H groups in total. The van der Waals surface area contributed by atoms with Crippen LogP contribution < -0.4 is 10.5 Å². The van der Waals surface area contributed by atoms with Gasteiger partial charge in [0.15, 0.2) is 5.15 Å². The number of halogens is 1. The molecule has 0 saturated carbocycles. The van der Waals surface area contributed by atoms with Crippen molar-refractivity contribution in [3.05, 3.63) is 28.9 Å². The fraction of sp³-hybridized carbons (Fsp3) is 0.308. The van der Waals surface area contributed by atoms with Gasteiger partial charge < -0.3 is 15.0 Å². The molecule has 94 valence electrons. The number of benzene rings is 1. The van der Waals surface area contributed by atoms with Crippen LogP contribution in [0.5, 0.6) is 5.75 Å². The number of hydrogen-bond acceptors (Lipinski definition) is 3. The Bertz CT molecular complexity index is 607. The van der Waals surface area contributed by atoms with Crippen LogP contribution in [0.4, 0.5) is 5.95 Å². The van der Waals surface area contributed by atoms with E-state index in [1.54, 1.807) is 4.57 Å². The van der Waals surface area contributed by atoms with Crippen LogP contribution in [0.2, 0.25) is 5.15 Å². The minimum Gasteiger partial charge on any atom is -0.493 e. The topological polar surface area (TPSA) is 53.1 Å². The maximum atomic E-state index is 6.12. The fourth-order valence-electron chi connectivity index (χ4n) is 2.30. The molecule has 4 nitrogen and oxygen atoms in total. The number of imidazole rings is 1. The highest BCUT2D eigenvalue weighted by molar-refractivity contribution is 6.32. The molecule has 0 spiro atoms. The number of ether oxygens (including phenoxy) is 1. The first-order chi connectivity index (χ1) is 8.66. The van der Waals surface area contributed by atoms with E-state index >= 15 is 0 Å². The van der Waals surface area contributed by atoms with Gasteiger partial charge in [-0.25, -0.2) is 4.98 Å². The van der Waals surface area contributed by atoms with E-state index in [4.69, 9.17) is 22.1 Å².